The van der Waals surface area contributed by atoms with Crippen LogP contribution in [-0.4, -0.2) is 22.2 Å². The van der Waals surface area contributed by atoms with E-state index in [0.29, 0.717) is 11.3 Å². The standard InChI is InChI=1S/C13H14N2O3S/c1-7(16)12-10(13(17)14-8-4-5-8)11(15-18-12)9-3-2-6-19-9/h2-3,6-8,16H,4-5H2,1H3,(H,14,17)/t7-/m0/s1. The Morgan fingerprint density at radius 1 is 1.63 bits per heavy atom. The number of thiophene rings is 1. The zero-order valence-electron chi connectivity index (χ0n) is 10.4. The number of amides is 1. The predicted molar refractivity (Wildman–Crippen MR) is 70.9 cm³/mol. The van der Waals surface area contributed by atoms with Gasteiger partial charge in [-0.15, -0.1) is 11.3 Å². The summed E-state index contributed by atoms with van der Waals surface area (Å²) < 4.78 is 5.15. The van der Waals surface area contributed by atoms with Crippen molar-refractivity contribution in [3.8, 4) is 10.6 Å². The molecule has 1 aliphatic carbocycles. The highest BCUT2D eigenvalue weighted by atomic mass is 32.1. The summed E-state index contributed by atoms with van der Waals surface area (Å²) in [4.78, 5) is 13.1. The van der Waals surface area contributed by atoms with Crippen molar-refractivity contribution in [1.82, 2.24) is 10.5 Å². The molecule has 6 heteroatoms. The summed E-state index contributed by atoms with van der Waals surface area (Å²) >= 11 is 1.48. The molecule has 1 atom stereocenters. The molecular formula is C13H14N2O3S. The molecule has 2 heterocycles. The molecule has 0 aromatic carbocycles. The molecule has 2 aromatic rings. The molecule has 0 bridgehead atoms. The lowest BCUT2D eigenvalue weighted by Gasteiger charge is -2.05. The van der Waals surface area contributed by atoms with Crippen LogP contribution >= 0.6 is 11.3 Å². The molecular weight excluding hydrogens is 264 g/mol. The number of nitrogens with one attached hydrogen (secondary N) is 1. The average Bonchev–Trinajstić information content (AvgIpc) is 2.91. The largest absolute Gasteiger partial charge is 0.385 e. The number of aliphatic hydroxyl groups excluding tert-OH is 1. The van der Waals surface area contributed by atoms with Crippen molar-refractivity contribution in [3.63, 3.8) is 0 Å². The maximum Gasteiger partial charge on any atom is 0.257 e. The highest BCUT2D eigenvalue weighted by molar-refractivity contribution is 7.13. The molecule has 3 rings (SSSR count). The fourth-order valence-electron chi connectivity index (χ4n) is 1.87. The monoisotopic (exact) mass is 278 g/mol. The molecule has 2 aromatic heterocycles. The lowest BCUT2D eigenvalue weighted by molar-refractivity contribution is 0.0938. The molecule has 0 spiro atoms. The fourth-order valence-corrected chi connectivity index (χ4v) is 2.59. The number of rotatable bonds is 4. The Hall–Kier alpha value is -1.66. The van der Waals surface area contributed by atoms with E-state index in [0.717, 1.165) is 17.7 Å². The van der Waals surface area contributed by atoms with Gasteiger partial charge in [0.25, 0.3) is 5.91 Å². The van der Waals surface area contributed by atoms with Crippen molar-refractivity contribution >= 4 is 17.2 Å². The summed E-state index contributed by atoms with van der Waals surface area (Å²) in [6.45, 7) is 1.56. The molecule has 2 N–H and O–H groups in total. The first-order valence-electron chi connectivity index (χ1n) is 6.19. The highest BCUT2D eigenvalue weighted by Gasteiger charge is 2.31. The van der Waals surface area contributed by atoms with Crippen LogP contribution < -0.4 is 5.32 Å². The number of aromatic nitrogens is 1. The maximum atomic E-state index is 12.3. The summed E-state index contributed by atoms with van der Waals surface area (Å²) in [7, 11) is 0. The Balaban J connectivity index is 2.01. The van der Waals surface area contributed by atoms with E-state index in [2.05, 4.69) is 10.5 Å². The third-order valence-corrected chi connectivity index (χ3v) is 3.87. The van der Waals surface area contributed by atoms with Gasteiger partial charge >= 0.3 is 0 Å². The normalized spacial score (nSPS) is 16.3. The van der Waals surface area contributed by atoms with Crippen LogP contribution in [0.15, 0.2) is 22.0 Å². The van der Waals surface area contributed by atoms with Crippen LogP contribution in [0.1, 0.15) is 42.0 Å². The molecule has 19 heavy (non-hydrogen) atoms. The van der Waals surface area contributed by atoms with Crippen molar-refractivity contribution < 1.29 is 14.4 Å². The minimum Gasteiger partial charge on any atom is -0.385 e. The maximum absolute atomic E-state index is 12.3. The number of hydrogen-bond donors (Lipinski definition) is 2. The average molecular weight is 278 g/mol. The van der Waals surface area contributed by atoms with Gasteiger partial charge in [-0.1, -0.05) is 11.2 Å². The number of nitrogens with zero attached hydrogens (tertiary/aromatic N) is 1. The van der Waals surface area contributed by atoms with Gasteiger partial charge in [-0.05, 0) is 31.2 Å². The predicted octanol–water partition coefficient (Wildman–Crippen LogP) is 2.35. The second-order valence-corrected chi connectivity index (χ2v) is 5.62. The molecule has 1 saturated carbocycles. The molecule has 0 saturated heterocycles. The zero-order chi connectivity index (χ0) is 13.4. The van der Waals surface area contributed by atoms with E-state index in [-0.39, 0.29) is 17.7 Å². The third-order valence-electron chi connectivity index (χ3n) is 2.99. The first-order chi connectivity index (χ1) is 9.16. The molecule has 1 aliphatic rings. The van der Waals surface area contributed by atoms with Crippen molar-refractivity contribution in [3.05, 3.63) is 28.8 Å². The van der Waals surface area contributed by atoms with Gasteiger partial charge in [0.2, 0.25) is 0 Å². The van der Waals surface area contributed by atoms with E-state index < -0.39 is 6.10 Å². The van der Waals surface area contributed by atoms with Crippen molar-refractivity contribution in [2.45, 2.75) is 31.9 Å². The Morgan fingerprint density at radius 3 is 3.00 bits per heavy atom. The first-order valence-corrected chi connectivity index (χ1v) is 7.07. The van der Waals surface area contributed by atoms with Crippen LogP contribution in [0, 0.1) is 0 Å². The summed E-state index contributed by atoms with van der Waals surface area (Å²) in [6, 6.07) is 4.02. The summed E-state index contributed by atoms with van der Waals surface area (Å²) in [5.74, 6) is 0.00426. The summed E-state index contributed by atoms with van der Waals surface area (Å²) in [5, 5.41) is 18.5. The van der Waals surface area contributed by atoms with Crippen molar-refractivity contribution in [2.75, 3.05) is 0 Å². The van der Waals surface area contributed by atoms with Crippen LogP contribution in [0.4, 0.5) is 0 Å². The van der Waals surface area contributed by atoms with Crippen molar-refractivity contribution in [1.29, 1.82) is 0 Å². The number of carbonyl (C=O) groups excluding carboxylic acids is 1. The van der Waals surface area contributed by atoms with Crippen LogP contribution in [0.5, 0.6) is 0 Å². The highest BCUT2D eigenvalue weighted by Crippen LogP contribution is 2.32. The number of hydrogen-bond acceptors (Lipinski definition) is 5. The molecule has 1 fully saturated rings. The Bertz CT molecular complexity index is 585. The number of aliphatic hydroxyl groups is 1. The molecule has 0 unspecified atom stereocenters. The van der Waals surface area contributed by atoms with E-state index in [1.807, 2.05) is 17.5 Å². The lowest BCUT2D eigenvalue weighted by Crippen LogP contribution is -2.26. The van der Waals surface area contributed by atoms with E-state index in [9.17, 15) is 9.90 Å². The van der Waals surface area contributed by atoms with Gasteiger partial charge in [-0.25, -0.2) is 0 Å². The van der Waals surface area contributed by atoms with Gasteiger partial charge < -0.3 is 14.9 Å². The third kappa shape index (κ3) is 2.41. The quantitative estimate of drug-likeness (QED) is 0.900. The van der Waals surface area contributed by atoms with Gasteiger partial charge in [0.1, 0.15) is 17.4 Å². The molecule has 100 valence electrons. The molecule has 1 amide bonds. The second-order valence-electron chi connectivity index (χ2n) is 4.67. The molecule has 0 radical (unpaired) electrons. The zero-order valence-corrected chi connectivity index (χ0v) is 11.2. The summed E-state index contributed by atoms with van der Waals surface area (Å²) in [6.07, 6.45) is 1.16. The topological polar surface area (TPSA) is 75.4 Å². The van der Waals surface area contributed by atoms with E-state index >= 15 is 0 Å². The SMILES string of the molecule is C[C@H](O)c1onc(-c2cccs2)c1C(=O)NC1CC1. The minimum absolute atomic E-state index is 0.219. The fraction of sp³-hybridized carbons (Fsp3) is 0.385. The van der Waals surface area contributed by atoms with Gasteiger partial charge in [-0.2, -0.15) is 0 Å². The van der Waals surface area contributed by atoms with Gasteiger partial charge in [0, 0.05) is 6.04 Å². The smallest absolute Gasteiger partial charge is 0.257 e. The number of carbonyl (C=O) groups is 1. The molecule has 0 aliphatic heterocycles. The van der Waals surface area contributed by atoms with E-state index in [1.54, 1.807) is 6.92 Å². The molecule has 5 nitrogen and oxygen atoms in total. The van der Waals surface area contributed by atoms with E-state index in [1.165, 1.54) is 11.3 Å². The Kier molecular flexibility index (Phi) is 3.12. The van der Waals surface area contributed by atoms with Crippen LogP contribution in [0.3, 0.4) is 0 Å². The van der Waals surface area contributed by atoms with Crippen LogP contribution in [0.2, 0.25) is 0 Å². The van der Waals surface area contributed by atoms with Crippen molar-refractivity contribution in [2.24, 2.45) is 0 Å². The van der Waals surface area contributed by atoms with E-state index in [4.69, 9.17) is 4.52 Å². The van der Waals surface area contributed by atoms with Gasteiger partial charge in [0.15, 0.2) is 5.76 Å². The first kappa shape index (κ1) is 12.4. The van der Waals surface area contributed by atoms with Gasteiger partial charge in [0.05, 0.1) is 4.88 Å². The van der Waals surface area contributed by atoms with Crippen LogP contribution in [0.25, 0.3) is 10.6 Å². The van der Waals surface area contributed by atoms with Gasteiger partial charge in [-0.3, -0.25) is 4.79 Å². The lowest BCUT2D eigenvalue weighted by atomic mass is 10.1. The van der Waals surface area contributed by atoms with Crippen LogP contribution in [-0.2, 0) is 0 Å². The minimum atomic E-state index is -0.860. The Labute approximate surface area is 114 Å². The summed E-state index contributed by atoms with van der Waals surface area (Å²) in [5.41, 5.74) is 0.855. The Morgan fingerprint density at radius 2 is 2.42 bits per heavy atom. The second kappa shape index (κ2) is 4.79.